The summed E-state index contributed by atoms with van der Waals surface area (Å²) in [4.78, 5) is 44.2. The molecule has 3 rings (SSSR count). The molecule has 0 amide bonds. The number of aromatic amines is 1. The maximum absolute atomic E-state index is 11.8. The zero-order chi connectivity index (χ0) is 18.4. The number of aromatic nitrogens is 4. The Bertz CT molecular complexity index is 827. The summed E-state index contributed by atoms with van der Waals surface area (Å²) in [6, 6.07) is 0. The third-order valence-electron chi connectivity index (χ3n) is 3.64. The van der Waals surface area contributed by atoms with Crippen molar-refractivity contribution in [2.24, 2.45) is 0 Å². The Kier molecular flexibility index (Phi) is 4.72. The van der Waals surface area contributed by atoms with Crippen molar-refractivity contribution in [3.05, 3.63) is 16.7 Å². The first-order chi connectivity index (χ1) is 11.8. The number of nitrogens with two attached hydrogens (primary N) is 1. The maximum atomic E-state index is 11.8. The molecule has 9 N–H and O–H groups in total. The summed E-state index contributed by atoms with van der Waals surface area (Å²) < 4.78 is 6.48. The topological polar surface area (TPSA) is 221 Å². The van der Waals surface area contributed by atoms with Gasteiger partial charge in [0.25, 0.3) is 14.1 Å². The van der Waals surface area contributed by atoms with Crippen LogP contribution in [-0.2, 0) is 9.57 Å². The minimum absolute atomic E-state index is 0.0363. The average Bonchev–Trinajstić information content (AvgIpc) is 3.06. The Morgan fingerprint density at radius 2 is 2.28 bits per heavy atom. The van der Waals surface area contributed by atoms with E-state index in [1.165, 1.54) is 0 Å². The van der Waals surface area contributed by atoms with Crippen LogP contribution >= 0.6 is 8.53 Å². The zero-order valence-electron chi connectivity index (χ0n) is 12.3. The first kappa shape index (κ1) is 18.1. The SMILES string of the molecule is Nc1nc2c(ncn2[C@@H]2O[C@H](CO)[C@](O)(ONP(O)O)[C@H]2O)c(=O)[nH]1. The molecule has 14 nitrogen and oxygen atoms in total. The predicted octanol–water partition coefficient (Wildman–Crippen LogP) is -3.63. The van der Waals surface area contributed by atoms with Gasteiger partial charge in [-0.15, -0.1) is 5.25 Å². The maximum Gasteiger partial charge on any atom is 0.280 e. The molecule has 1 aliphatic heterocycles. The summed E-state index contributed by atoms with van der Waals surface area (Å²) >= 11 is 0. The fraction of sp³-hybridized carbons (Fsp3) is 0.500. The number of aliphatic hydroxyl groups is 3. The van der Waals surface area contributed by atoms with E-state index in [2.05, 4.69) is 15.0 Å². The molecule has 1 saturated heterocycles. The molecule has 0 spiro atoms. The molecule has 1 aliphatic rings. The first-order valence-corrected chi connectivity index (χ1v) is 8.03. The van der Waals surface area contributed by atoms with Crippen LogP contribution in [-0.4, -0.2) is 69.2 Å². The smallest absolute Gasteiger partial charge is 0.280 e. The number of H-pyrrole nitrogens is 1. The molecule has 25 heavy (non-hydrogen) atoms. The third kappa shape index (κ3) is 2.99. The zero-order valence-corrected chi connectivity index (χ0v) is 13.2. The minimum Gasteiger partial charge on any atom is -0.393 e. The molecule has 0 radical (unpaired) electrons. The van der Waals surface area contributed by atoms with Gasteiger partial charge in [0.05, 0.1) is 12.9 Å². The monoisotopic (exact) mass is 378 g/mol. The fourth-order valence-electron chi connectivity index (χ4n) is 2.50. The number of hydrogen-bond acceptors (Lipinski definition) is 12. The van der Waals surface area contributed by atoms with Gasteiger partial charge in [-0.2, -0.15) is 4.98 Å². The van der Waals surface area contributed by atoms with E-state index in [-0.39, 0.29) is 17.1 Å². The highest BCUT2D eigenvalue weighted by Crippen LogP contribution is 2.39. The molecular weight excluding hydrogens is 363 g/mol. The van der Waals surface area contributed by atoms with Crippen molar-refractivity contribution in [3.8, 4) is 0 Å². The largest absolute Gasteiger partial charge is 0.393 e. The lowest BCUT2D eigenvalue weighted by Crippen LogP contribution is -2.53. The number of rotatable bonds is 5. The number of hydrogen-bond donors (Lipinski definition) is 8. The summed E-state index contributed by atoms with van der Waals surface area (Å²) in [5.74, 6) is -2.74. The highest BCUT2D eigenvalue weighted by molar-refractivity contribution is 7.42. The summed E-state index contributed by atoms with van der Waals surface area (Å²) in [7, 11) is -2.76. The Morgan fingerprint density at radius 1 is 1.56 bits per heavy atom. The predicted molar refractivity (Wildman–Crippen MR) is 80.1 cm³/mol. The van der Waals surface area contributed by atoms with Gasteiger partial charge in [-0.3, -0.25) is 19.2 Å². The molecular formula is C10H15N6O8P. The van der Waals surface area contributed by atoms with Gasteiger partial charge < -0.3 is 35.6 Å². The van der Waals surface area contributed by atoms with Gasteiger partial charge in [-0.05, 0) is 0 Å². The second-order valence-electron chi connectivity index (χ2n) is 5.15. The van der Waals surface area contributed by atoms with Crippen molar-refractivity contribution in [2.75, 3.05) is 12.3 Å². The highest BCUT2D eigenvalue weighted by atomic mass is 31.2. The number of aliphatic hydroxyl groups excluding tert-OH is 2. The van der Waals surface area contributed by atoms with E-state index in [1.807, 2.05) is 0 Å². The van der Waals surface area contributed by atoms with Crippen LogP contribution < -0.4 is 16.5 Å². The van der Waals surface area contributed by atoms with E-state index < -0.39 is 44.9 Å². The van der Waals surface area contributed by atoms with Gasteiger partial charge >= 0.3 is 0 Å². The molecule has 0 unspecified atom stereocenters. The van der Waals surface area contributed by atoms with Gasteiger partial charge in [0.2, 0.25) is 11.7 Å². The van der Waals surface area contributed by atoms with Crippen molar-refractivity contribution in [1.82, 2.24) is 24.8 Å². The van der Waals surface area contributed by atoms with Crippen LogP contribution in [0.5, 0.6) is 0 Å². The van der Waals surface area contributed by atoms with E-state index >= 15 is 0 Å². The average molecular weight is 378 g/mol. The summed E-state index contributed by atoms with van der Waals surface area (Å²) in [6.07, 6.45) is -3.54. The minimum atomic E-state index is -2.76. The molecule has 3 heterocycles. The van der Waals surface area contributed by atoms with Crippen LogP contribution in [0.25, 0.3) is 11.2 Å². The summed E-state index contributed by atoms with van der Waals surface area (Å²) in [6.45, 7) is -0.775. The lowest BCUT2D eigenvalue weighted by Gasteiger charge is -2.29. The number of nitrogens with one attached hydrogen (secondary N) is 2. The number of ether oxygens (including phenoxy) is 1. The molecule has 15 heteroatoms. The summed E-state index contributed by atoms with van der Waals surface area (Å²) in [5.41, 5.74) is 4.74. The number of fused-ring (bicyclic) bond motifs is 1. The van der Waals surface area contributed by atoms with Crippen molar-refractivity contribution < 1.29 is 34.7 Å². The molecule has 2 aromatic rings. The molecule has 0 saturated carbocycles. The quantitative estimate of drug-likeness (QED) is 0.143. The van der Waals surface area contributed by atoms with Crippen molar-refractivity contribution in [3.63, 3.8) is 0 Å². The Morgan fingerprint density at radius 3 is 2.92 bits per heavy atom. The Hall–Kier alpha value is -1.74. The van der Waals surface area contributed by atoms with E-state index in [4.69, 9.17) is 25.1 Å². The van der Waals surface area contributed by atoms with Gasteiger partial charge in [-0.25, -0.2) is 4.98 Å². The summed E-state index contributed by atoms with van der Waals surface area (Å²) in [5, 5.41) is 31.9. The van der Waals surface area contributed by atoms with Gasteiger partial charge in [-0.1, -0.05) is 0 Å². The molecule has 1 fully saturated rings. The Labute approximate surface area is 139 Å². The lowest BCUT2D eigenvalue weighted by molar-refractivity contribution is -0.281. The van der Waals surface area contributed by atoms with Crippen LogP contribution in [0.4, 0.5) is 5.95 Å². The van der Waals surface area contributed by atoms with E-state index in [1.54, 1.807) is 5.25 Å². The number of anilines is 1. The molecule has 2 aromatic heterocycles. The van der Waals surface area contributed by atoms with Crippen molar-refractivity contribution in [2.45, 2.75) is 24.2 Å². The number of imidazole rings is 1. The molecule has 138 valence electrons. The van der Waals surface area contributed by atoms with Crippen LogP contribution in [0.3, 0.4) is 0 Å². The third-order valence-corrected chi connectivity index (χ3v) is 3.89. The van der Waals surface area contributed by atoms with Crippen molar-refractivity contribution in [1.29, 1.82) is 0 Å². The number of nitrogens with zero attached hydrogens (tertiary/aromatic N) is 3. The van der Waals surface area contributed by atoms with Crippen LogP contribution in [0.2, 0.25) is 0 Å². The molecule has 4 atom stereocenters. The Balaban J connectivity index is 2.00. The van der Waals surface area contributed by atoms with Gasteiger partial charge in [0, 0.05) is 0 Å². The van der Waals surface area contributed by atoms with E-state index in [0.29, 0.717) is 0 Å². The molecule has 0 bridgehead atoms. The fourth-order valence-corrected chi connectivity index (χ4v) is 2.72. The van der Waals surface area contributed by atoms with Crippen LogP contribution in [0.1, 0.15) is 6.23 Å². The molecule has 0 aliphatic carbocycles. The van der Waals surface area contributed by atoms with Crippen LogP contribution in [0, 0.1) is 0 Å². The highest BCUT2D eigenvalue weighted by Gasteiger charge is 2.58. The first-order valence-electron chi connectivity index (χ1n) is 6.78. The van der Waals surface area contributed by atoms with Crippen molar-refractivity contribution >= 4 is 25.6 Å². The van der Waals surface area contributed by atoms with E-state index in [9.17, 15) is 20.1 Å². The lowest BCUT2D eigenvalue weighted by atomic mass is 10.1. The standard InChI is InChI=1S/C10H15N6O8P/c11-9-13-6-4(7(19)14-9)12-2-16(6)8-5(18)10(20,3(1-17)23-8)24-15-25(21)22/h2-3,5,8,15,17-18,20-22H,1H2,(H3,11,13,14,19)/t3-,5+,8-,10+/m1/s1. The van der Waals surface area contributed by atoms with E-state index in [0.717, 1.165) is 10.9 Å². The van der Waals surface area contributed by atoms with Gasteiger partial charge in [0.15, 0.2) is 23.5 Å². The number of nitrogen functional groups attached to an aromatic ring is 1. The second kappa shape index (κ2) is 6.53. The molecule has 0 aromatic carbocycles. The second-order valence-corrected chi connectivity index (χ2v) is 5.91. The normalized spacial score (nSPS) is 29.8. The van der Waals surface area contributed by atoms with Crippen LogP contribution in [0.15, 0.2) is 11.1 Å². The van der Waals surface area contributed by atoms with Gasteiger partial charge in [0.1, 0.15) is 6.10 Å².